The highest BCUT2D eigenvalue weighted by Crippen LogP contribution is 2.04. The summed E-state index contributed by atoms with van der Waals surface area (Å²) >= 11 is 5.63. The Morgan fingerprint density at radius 3 is 2.60 bits per heavy atom. The lowest BCUT2D eigenvalue weighted by Crippen LogP contribution is -1.69. The average Bonchev–Trinajstić information content (AvgIpc) is 1.87. The molecule has 10 heavy (non-hydrogen) atoms. The minimum absolute atomic E-state index is 0.903. The third-order valence-electron chi connectivity index (χ3n) is 1.24. The van der Waals surface area contributed by atoms with Gasteiger partial charge in [-0.25, -0.2) is 0 Å². The molecular weight excluding hydrogens is 144 g/mol. The summed E-state index contributed by atoms with van der Waals surface area (Å²) in [6.07, 6.45) is 9.78. The van der Waals surface area contributed by atoms with Gasteiger partial charge < -0.3 is 0 Å². The van der Waals surface area contributed by atoms with Gasteiger partial charge in [-0.2, -0.15) is 0 Å². The lowest BCUT2D eigenvalue weighted by molar-refractivity contribution is 0.865. The van der Waals surface area contributed by atoms with E-state index in [2.05, 4.69) is 18.2 Å². The fraction of sp³-hybridized carbons (Fsp3) is 0.556. The van der Waals surface area contributed by atoms with Crippen molar-refractivity contribution in [3.05, 3.63) is 23.3 Å². The summed E-state index contributed by atoms with van der Waals surface area (Å²) in [7, 11) is 0. The highest BCUT2D eigenvalue weighted by atomic mass is 35.5. The molecule has 0 aromatic carbocycles. The minimum Gasteiger partial charge on any atom is -0.0917 e. The molecule has 0 atom stereocenters. The maximum absolute atomic E-state index is 5.63. The average molecular weight is 159 g/mol. The molecule has 0 aliphatic carbocycles. The van der Waals surface area contributed by atoms with Crippen molar-refractivity contribution in [2.75, 3.05) is 0 Å². The molecule has 0 heterocycles. The zero-order chi connectivity index (χ0) is 7.82. The normalized spacial score (nSPS) is 12.9. The van der Waals surface area contributed by atoms with Crippen LogP contribution >= 0.6 is 11.6 Å². The molecule has 0 rings (SSSR count). The van der Waals surface area contributed by atoms with Gasteiger partial charge in [0.15, 0.2) is 0 Å². The molecule has 0 spiro atoms. The monoisotopic (exact) mass is 158 g/mol. The van der Waals surface area contributed by atoms with Gasteiger partial charge in [-0.1, -0.05) is 29.8 Å². The van der Waals surface area contributed by atoms with Crippen LogP contribution in [0, 0.1) is 0 Å². The highest BCUT2D eigenvalue weighted by molar-refractivity contribution is 6.29. The summed E-state index contributed by atoms with van der Waals surface area (Å²) in [5.41, 5.74) is 0. The van der Waals surface area contributed by atoms with Crippen LogP contribution in [0.15, 0.2) is 23.3 Å². The van der Waals surface area contributed by atoms with Crippen LogP contribution in [0.1, 0.15) is 33.1 Å². The second-order valence-corrected chi connectivity index (χ2v) is 2.89. The van der Waals surface area contributed by atoms with Crippen molar-refractivity contribution in [3.63, 3.8) is 0 Å². The second-order valence-electron chi connectivity index (χ2n) is 2.29. The van der Waals surface area contributed by atoms with Crippen LogP contribution in [0.4, 0.5) is 0 Å². The van der Waals surface area contributed by atoms with Crippen LogP contribution in [0.3, 0.4) is 0 Å². The van der Waals surface area contributed by atoms with Crippen LogP contribution in [0.5, 0.6) is 0 Å². The van der Waals surface area contributed by atoms with Crippen LogP contribution in [-0.2, 0) is 0 Å². The minimum atomic E-state index is 0.903. The van der Waals surface area contributed by atoms with Gasteiger partial charge in [0, 0.05) is 5.03 Å². The van der Waals surface area contributed by atoms with Gasteiger partial charge in [0.05, 0.1) is 0 Å². The summed E-state index contributed by atoms with van der Waals surface area (Å²) in [5, 5.41) is 0.903. The fourth-order valence-electron chi connectivity index (χ4n) is 0.703. The molecular formula is C9H15Cl. The topological polar surface area (TPSA) is 0 Å². The van der Waals surface area contributed by atoms with Crippen LogP contribution < -0.4 is 0 Å². The van der Waals surface area contributed by atoms with E-state index >= 15 is 0 Å². The summed E-state index contributed by atoms with van der Waals surface area (Å²) < 4.78 is 0. The van der Waals surface area contributed by atoms with Gasteiger partial charge in [0.2, 0.25) is 0 Å². The predicted molar refractivity (Wildman–Crippen MR) is 48.3 cm³/mol. The Hall–Kier alpha value is -0.230. The van der Waals surface area contributed by atoms with E-state index in [1.165, 1.54) is 6.42 Å². The summed E-state index contributed by atoms with van der Waals surface area (Å²) in [5.74, 6) is 0. The molecule has 0 aliphatic rings. The molecule has 0 N–H and O–H groups in total. The molecule has 0 nitrogen and oxygen atoms in total. The maximum Gasteiger partial charge on any atom is 0.0110 e. The van der Waals surface area contributed by atoms with E-state index in [-0.39, 0.29) is 0 Å². The van der Waals surface area contributed by atoms with Gasteiger partial charge in [0.1, 0.15) is 0 Å². The molecule has 0 saturated carbocycles. The third-order valence-corrected chi connectivity index (χ3v) is 1.39. The standard InChI is InChI=1S/C9H15Cl/c1-3-4-5-6-7-8-9(2)10/h3-4,8H,5-7H2,1-2H3/b4-3-,9-8+. The highest BCUT2D eigenvalue weighted by Gasteiger charge is 1.81. The van der Waals surface area contributed by atoms with Gasteiger partial charge in [-0.05, 0) is 33.1 Å². The molecule has 0 unspecified atom stereocenters. The van der Waals surface area contributed by atoms with E-state index < -0.39 is 0 Å². The predicted octanol–water partition coefficient (Wildman–Crippen LogP) is 3.88. The SMILES string of the molecule is C/C=C\CCC/C=C(\C)Cl. The van der Waals surface area contributed by atoms with E-state index in [1.54, 1.807) is 0 Å². The molecule has 58 valence electrons. The van der Waals surface area contributed by atoms with Crippen molar-refractivity contribution < 1.29 is 0 Å². The van der Waals surface area contributed by atoms with Crippen molar-refractivity contribution in [2.24, 2.45) is 0 Å². The van der Waals surface area contributed by atoms with Crippen LogP contribution in [-0.4, -0.2) is 0 Å². The van der Waals surface area contributed by atoms with Crippen LogP contribution in [0.25, 0.3) is 0 Å². The second kappa shape index (κ2) is 6.88. The third kappa shape index (κ3) is 7.77. The van der Waals surface area contributed by atoms with Crippen molar-refractivity contribution in [1.82, 2.24) is 0 Å². The first-order chi connectivity index (χ1) is 4.77. The Morgan fingerprint density at radius 1 is 1.40 bits per heavy atom. The fourth-order valence-corrected chi connectivity index (χ4v) is 0.812. The molecule has 0 amide bonds. The Morgan fingerprint density at radius 2 is 2.10 bits per heavy atom. The first-order valence-corrected chi connectivity index (χ1v) is 4.08. The lowest BCUT2D eigenvalue weighted by Gasteiger charge is -1.89. The number of unbranched alkanes of at least 4 members (excludes halogenated alkanes) is 2. The van der Waals surface area contributed by atoms with E-state index in [0.717, 1.165) is 17.9 Å². The molecule has 0 aromatic rings. The van der Waals surface area contributed by atoms with Gasteiger partial charge in [-0.3, -0.25) is 0 Å². The van der Waals surface area contributed by atoms with E-state index in [1.807, 2.05) is 13.8 Å². The molecule has 0 fully saturated rings. The van der Waals surface area contributed by atoms with E-state index in [9.17, 15) is 0 Å². The van der Waals surface area contributed by atoms with Gasteiger partial charge in [-0.15, -0.1) is 0 Å². The van der Waals surface area contributed by atoms with Crippen molar-refractivity contribution in [3.8, 4) is 0 Å². The summed E-state index contributed by atoms with van der Waals surface area (Å²) in [4.78, 5) is 0. The number of halogens is 1. The summed E-state index contributed by atoms with van der Waals surface area (Å²) in [6.45, 7) is 3.96. The smallest absolute Gasteiger partial charge is 0.0110 e. The first-order valence-electron chi connectivity index (χ1n) is 3.70. The van der Waals surface area contributed by atoms with Crippen molar-refractivity contribution >= 4 is 11.6 Å². The number of rotatable bonds is 4. The van der Waals surface area contributed by atoms with Gasteiger partial charge in [0.25, 0.3) is 0 Å². The van der Waals surface area contributed by atoms with Crippen molar-refractivity contribution in [1.29, 1.82) is 0 Å². The van der Waals surface area contributed by atoms with E-state index in [0.29, 0.717) is 0 Å². The quantitative estimate of drug-likeness (QED) is 0.431. The maximum atomic E-state index is 5.63. The summed E-state index contributed by atoms with van der Waals surface area (Å²) in [6, 6.07) is 0. The zero-order valence-corrected chi connectivity index (χ0v) is 7.49. The molecule has 0 radical (unpaired) electrons. The molecule has 0 aliphatic heterocycles. The lowest BCUT2D eigenvalue weighted by atomic mass is 10.2. The Balaban J connectivity index is 3.13. The molecule has 0 saturated heterocycles. The number of hydrogen-bond donors (Lipinski definition) is 0. The van der Waals surface area contributed by atoms with Crippen molar-refractivity contribution in [2.45, 2.75) is 33.1 Å². The molecule has 0 bridgehead atoms. The number of hydrogen-bond acceptors (Lipinski definition) is 0. The van der Waals surface area contributed by atoms with Crippen LogP contribution in [0.2, 0.25) is 0 Å². The first kappa shape index (κ1) is 9.77. The van der Waals surface area contributed by atoms with Gasteiger partial charge >= 0.3 is 0 Å². The molecule has 0 aromatic heterocycles. The number of allylic oxidation sites excluding steroid dienone is 4. The zero-order valence-electron chi connectivity index (χ0n) is 6.73. The Bertz CT molecular complexity index is 119. The Labute approximate surface area is 68.6 Å². The molecule has 1 heteroatoms. The Kier molecular flexibility index (Phi) is 6.73. The largest absolute Gasteiger partial charge is 0.0917 e. The van der Waals surface area contributed by atoms with E-state index in [4.69, 9.17) is 11.6 Å².